The smallest absolute Gasteiger partial charge is 0.279 e. The molecule has 1 aromatic carbocycles. The molecule has 0 unspecified atom stereocenters. The van der Waals surface area contributed by atoms with Gasteiger partial charge in [0.2, 0.25) is 0 Å². The SMILES string of the molecule is CCc1ccc(-c2csc(NC(=O)c3nccnc3N)n2)cc1. The number of aryl methyl sites for hydroxylation is 1. The van der Waals surface area contributed by atoms with E-state index >= 15 is 0 Å². The molecule has 0 spiro atoms. The molecule has 0 aliphatic heterocycles. The van der Waals surface area contributed by atoms with Gasteiger partial charge in [-0.1, -0.05) is 31.2 Å². The summed E-state index contributed by atoms with van der Waals surface area (Å²) in [6.07, 6.45) is 3.86. The van der Waals surface area contributed by atoms with Crippen LogP contribution in [0.25, 0.3) is 11.3 Å². The first-order valence-electron chi connectivity index (χ1n) is 7.10. The number of anilines is 2. The predicted molar refractivity (Wildman–Crippen MR) is 91.3 cm³/mol. The van der Waals surface area contributed by atoms with E-state index in [1.807, 2.05) is 17.5 Å². The summed E-state index contributed by atoms with van der Waals surface area (Å²) in [5.41, 5.74) is 8.85. The highest BCUT2D eigenvalue weighted by Crippen LogP contribution is 2.25. The Labute approximate surface area is 137 Å². The summed E-state index contributed by atoms with van der Waals surface area (Å²) in [7, 11) is 0. The van der Waals surface area contributed by atoms with E-state index in [0.29, 0.717) is 5.13 Å². The third-order valence-corrected chi connectivity index (χ3v) is 4.08. The number of nitrogens with one attached hydrogen (secondary N) is 1. The molecular weight excluding hydrogens is 310 g/mol. The van der Waals surface area contributed by atoms with Gasteiger partial charge in [-0.15, -0.1) is 11.3 Å². The average molecular weight is 325 g/mol. The van der Waals surface area contributed by atoms with E-state index in [0.717, 1.165) is 17.7 Å². The summed E-state index contributed by atoms with van der Waals surface area (Å²) < 4.78 is 0. The largest absolute Gasteiger partial charge is 0.382 e. The minimum Gasteiger partial charge on any atom is -0.382 e. The molecule has 3 aromatic rings. The zero-order valence-corrected chi connectivity index (χ0v) is 13.3. The lowest BCUT2D eigenvalue weighted by Crippen LogP contribution is -2.16. The van der Waals surface area contributed by atoms with Gasteiger partial charge in [-0.25, -0.2) is 15.0 Å². The lowest BCUT2D eigenvalue weighted by molar-refractivity contribution is 0.102. The number of aromatic nitrogens is 3. The van der Waals surface area contributed by atoms with E-state index in [2.05, 4.69) is 39.3 Å². The van der Waals surface area contributed by atoms with Crippen molar-refractivity contribution >= 4 is 28.2 Å². The van der Waals surface area contributed by atoms with Crippen LogP contribution in [-0.2, 0) is 6.42 Å². The molecule has 0 saturated carbocycles. The van der Waals surface area contributed by atoms with E-state index in [1.165, 1.54) is 29.3 Å². The topological polar surface area (TPSA) is 93.8 Å². The van der Waals surface area contributed by atoms with Crippen LogP contribution in [0.15, 0.2) is 42.0 Å². The Morgan fingerprint density at radius 1 is 1.22 bits per heavy atom. The van der Waals surface area contributed by atoms with Gasteiger partial charge in [-0.05, 0) is 12.0 Å². The number of carbonyl (C=O) groups is 1. The summed E-state index contributed by atoms with van der Waals surface area (Å²) in [6, 6.07) is 8.21. The van der Waals surface area contributed by atoms with Crippen LogP contribution in [0, 0.1) is 0 Å². The number of hydrogen-bond donors (Lipinski definition) is 2. The van der Waals surface area contributed by atoms with Crippen LogP contribution in [0.5, 0.6) is 0 Å². The van der Waals surface area contributed by atoms with Crippen molar-refractivity contribution in [3.8, 4) is 11.3 Å². The average Bonchev–Trinajstić information content (AvgIpc) is 3.03. The zero-order valence-electron chi connectivity index (χ0n) is 12.5. The molecule has 0 aliphatic carbocycles. The molecule has 3 rings (SSSR count). The summed E-state index contributed by atoms with van der Waals surface area (Å²) in [4.78, 5) is 24.4. The zero-order chi connectivity index (χ0) is 16.2. The summed E-state index contributed by atoms with van der Waals surface area (Å²) in [5, 5.41) is 5.09. The number of rotatable bonds is 4. The molecular formula is C16H15N5OS. The third kappa shape index (κ3) is 3.35. The minimum atomic E-state index is -0.419. The number of amides is 1. The maximum Gasteiger partial charge on any atom is 0.279 e. The molecule has 0 saturated heterocycles. The molecule has 0 radical (unpaired) electrons. The van der Waals surface area contributed by atoms with E-state index in [1.54, 1.807) is 0 Å². The van der Waals surface area contributed by atoms with Crippen molar-refractivity contribution in [2.75, 3.05) is 11.1 Å². The Morgan fingerprint density at radius 2 is 1.96 bits per heavy atom. The second-order valence-electron chi connectivity index (χ2n) is 4.83. The number of benzene rings is 1. The van der Waals surface area contributed by atoms with Crippen molar-refractivity contribution in [2.45, 2.75) is 13.3 Å². The number of nitrogens with zero attached hydrogens (tertiary/aromatic N) is 3. The summed E-state index contributed by atoms with van der Waals surface area (Å²) in [5.74, 6) is -0.324. The van der Waals surface area contributed by atoms with Gasteiger partial charge in [0.25, 0.3) is 5.91 Å². The van der Waals surface area contributed by atoms with E-state index < -0.39 is 5.91 Å². The van der Waals surface area contributed by atoms with Crippen molar-refractivity contribution in [3.05, 3.63) is 53.3 Å². The first-order chi connectivity index (χ1) is 11.2. The monoisotopic (exact) mass is 325 g/mol. The number of nitrogen functional groups attached to an aromatic ring is 1. The Morgan fingerprint density at radius 3 is 2.65 bits per heavy atom. The lowest BCUT2D eigenvalue weighted by Gasteiger charge is -2.02. The molecule has 2 heterocycles. The van der Waals surface area contributed by atoms with Crippen LogP contribution in [0.4, 0.5) is 10.9 Å². The number of nitrogens with two attached hydrogens (primary N) is 1. The quantitative estimate of drug-likeness (QED) is 0.769. The van der Waals surface area contributed by atoms with Crippen LogP contribution in [0.2, 0.25) is 0 Å². The van der Waals surface area contributed by atoms with E-state index in [9.17, 15) is 4.79 Å². The van der Waals surface area contributed by atoms with Crippen molar-refractivity contribution in [1.29, 1.82) is 0 Å². The van der Waals surface area contributed by atoms with Gasteiger partial charge in [0.1, 0.15) is 0 Å². The first-order valence-corrected chi connectivity index (χ1v) is 7.98. The molecule has 116 valence electrons. The molecule has 2 aromatic heterocycles. The minimum absolute atomic E-state index is 0.0940. The highest BCUT2D eigenvalue weighted by Gasteiger charge is 2.14. The van der Waals surface area contributed by atoms with Crippen LogP contribution in [-0.4, -0.2) is 20.9 Å². The maximum atomic E-state index is 12.1. The molecule has 6 nitrogen and oxygen atoms in total. The highest BCUT2D eigenvalue weighted by atomic mass is 32.1. The number of carbonyl (C=O) groups excluding carboxylic acids is 1. The number of thiazole rings is 1. The molecule has 1 amide bonds. The van der Waals surface area contributed by atoms with Gasteiger partial charge in [-0.2, -0.15) is 0 Å². The van der Waals surface area contributed by atoms with Gasteiger partial charge >= 0.3 is 0 Å². The first kappa shape index (κ1) is 15.1. The van der Waals surface area contributed by atoms with Crippen molar-refractivity contribution in [1.82, 2.24) is 15.0 Å². The third-order valence-electron chi connectivity index (χ3n) is 3.32. The second kappa shape index (κ2) is 6.53. The molecule has 7 heteroatoms. The van der Waals surface area contributed by atoms with Crippen LogP contribution < -0.4 is 11.1 Å². The molecule has 0 bridgehead atoms. The Kier molecular flexibility index (Phi) is 4.29. The molecule has 0 atom stereocenters. The van der Waals surface area contributed by atoms with E-state index in [-0.39, 0.29) is 11.5 Å². The van der Waals surface area contributed by atoms with Crippen molar-refractivity contribution < 1.29 is 4.79 Å². The highest BCUT2D eigenvalue weighted by molar-refractivity contribution is 7.14. The van der Waals surface area contributed by atoms with E-state index in [4.69, 9.17) is 5.73 Å². The normalized spacial score (nSPS) is 10.5. The van der Waals surface area contributed by atoms with Crippen LogP contribution in [0.1, 0.15) is 23.0 Å². The molecule has 0 fully saturated rings. The fraction of sp³-hybridized carbons (Fsp3) is 0.125. The maximum absolute atomic E-state index is 12.1. The Balaban J connectivity index is 1.76. The Hall–Kier alpha value is -2.80. The van der Waals surface area contributed by atoms with Gasteiger partial charge in [0.15, 0.2) is 16.6 Å². The fourth-order valence-electron chi connectivity index (χ4n) is 2.05. The summed E-state index contributed by atoms with van der Waals surface area (Å²) in [6.45, 7) is 2.11. The van der Waals surface area contributed by atoms with Gasteiger partial charge in [-0.3, -0.25) is 10.1 Å². The van der Waals surface area contributed by atoms with Gasteiger partial charge in [0, 0.05) is 23.3 Å². The fourth-order valence-corrected chi connectivity index (χ4v) is 2.77. The summed E-state index contributed by atoms with van der Waals surface area (Å²) >= 11 is 1.35. The molecule has 23 heavy (non-hydrogen) atoms. The van der Waals surface area contributed by atoms with Crippen molar-refractivity contribution in [2.24, 2.45) is 0 Å². The predicted octanol–water partition coefficient (Wildman–Crippen LogP) is 3.00. The van der Waals surface area contributed by atoms with Crippen LogP contribution >= 0.6 is 11.3 Å². The van der Waals surface area contributed by atoms with Gasteiger partial charge < -0.3 is 5.73 Å². The second-order valence-corrected chi connectivity index (χ2v) is 5.69. The Bertz CT molecular complexity index is 828. The van der Waals surface area contributed by atoms with Crippen molar-refractivity contribution in [3.63, 3.8) is 0 Å². The standard InChI is InChI=1S/C16H15N5OS/c1-2-10-3-5-11(6-4-10)12-9-23-16(20-12)21-15(22)13-14(17)19-8-7-18-13/h3-9H,2H2,1H3,(H2,17,19)(H,20,21,22). The molecule has 0 aliphatic rings. The number of hydrogen-bond acceptors (Lipinski definition) is 6. The van der Waals surface area contributed by atoms with Crippen LogP contribution in [0.3, 0.4) is 0 Å². The van der Waals surface area contributed by atoms with Gasteiger partial charge in [0.05, 0.1) is 5.69 Å². The lowest BCUT2D eigenvalue weighted by atomic mass is 10.1. The molecule has 3 N–H and O–H groups in total.